The van der Waals surface area contributed by atoms with Gasteiger partial charge < -0.3 is 10.8 Å². The second-order valence-corrected chi connectivity index (χ2v) is 4.89. The van der Waals surface area contributed by atoms with Crippen molar-refractivity contribution in [2.45, 2.75) is 26.8 Å². The first-order valence-corrected chi connectivity index (χ1v) is 5.66. The molecule has 0 spiro atoms. The van der Waals surface area contributed by atoms with Gasteiger partial charge in [0, 0.05) is 6.92 Å². The number of nitrogens with zero attached hydrogens (tertiary/aromatic N) is 1. The fourth-order valence-electron chi connectivity index (χ4n) is 1.15. The second-order valence-electron chi connectivity index (χ2n) is 3.86. The number of hydrogen-bond donors (Lipinski definition) is 2. The molecule has 1 atom stereocenters. The van der Waals surface area contributed by atoms with Gasteiger partial charge in [-0.05, 0) is 5.92 Å². The molecule has 16 heavy (non-hydrogen) atoms. The summed E-state index contributed by atoms with van der Waals surface area (Å²) in [7, 11) is 0. The molecule has 1 aromatic rings. The number of carboxylic acid groups (broad SMARTS) is 1. The molecule has 0 amide bonds. The van der Waals surface area contributed by atoms with E-state index in [1.165, 1.54) is 6.92 Å². The normalized spacial score (nSPS) is 12.8. The van der Waals surface area contributed by atoms with E-state index in [1.807, 2.05) is 13.8 Å². The van der Waals surface area contributed by atoms with E-state index in [9.17, 15) is 9.59 Å². The van der Waals surface area contributed by atoms with E-state index in [0.717, 1.165) is 11.3 Å². The van der Waals surface area contributed by atoms with Crippen LogP contribution in [0.25, 0.3) is 0 Å². The molecule has 0 fully saturated rings. The van der Waals surface area contributed by atoms with Gasteiger partial charge in [0.2, 0.25) is 0 Å². The Morgan fingerprint density at radius 3 is 2.31 bits per heavy atom. The lowest BCUT2D eigenvalue weighted by molar-refractivity contribution is 0.0686. The van der Waals surface area contributed by atoms with Crippen molar-refractivity contribution < 1.29 is 14.7 Å². The zero-order valence-electron chi connectivity index (χ0n) is 9.35. The Bertz CT molecular complexity index is 394. The number of thiazole rings is 1. The smallest absolute Gasteiger partial charge is 0.356 e. The summed E-state index contributed by atoms with van der Waals surface area (Å²) in [6.07, 6.45) is 0. The quantitative estimate of drug-likeness (QED) is 0.784. The number of Topliss-reactive ketones (excluding diaryl/α,β-unsaturated/α-hetero) is 1. The predicted molar refractivity (Wildman–Crippen MR) is 60.8 cm³/mol. The molecular weight excluding hydrogens is 228 g/mol. The van der Waals surface area contributed by atoms with Gasteiger partial charge in [0.1, 0.15) is 9.88 Å². The van der Waals surface area contributed by atoms with Gasteiger partial charge in [0.25, 0.3) is 0 Å². The zero-order chi connectivity index (χ0) is 12.5. The first-order chi connectivity index (χ1) is 7.34. The molecule has 6 heteroatoms. The van der Waals surface area contributed by atoms with Crippen LogP contribution < -0.4 is 5.73 Å². The van der Waals surface area contributed by atoms with Crippen molar-refractivity contribution in [2.24, 2.45) is 11.7 Å². The van der Waals surface area contributed by atoms with Crippen LogP contribution in [0.3, 0.4) is 0 Å². The van der Waals surface area contributed by atoms with Gasteiger partial charge in [-0.1, -0.05) is 13.8 Å². The first-order valence-electron chi connectivity index (χ1n) is 4.85. The van der Waals surface area contributed by atoms with E-state index in [-0.39, 0.29) is 28.3 Å². The topological polar surface area (TPSA) is 93.3 Å². The summed E-state index contributed by atoms with van der Waals surface area (Å²) in [6.45, 7) is 5.16. The third-order valence-electron chi connectivity index (χ3n) is 2.17. The number of aromatic nitrogens is 1. The van der Waals surface area contributed by atoms with Gasteiger partial charge >= 0.3 is 5.97 Å². The molecule has 0 saturated carbocycles. The molecule has 1 rings (SSSR count). The fraction of sp³-hybridized carbons (Fsp3) is 0.500. The lowest BCUT2D eigenvalue weighted by Gasteiger charge is -2.11. The highest BCUT2D eigenvalue weighted by Crippen LogP contribution is 2.27. The highest BCUT2D eigenvalue weighted by Gasteiger charge is 2.24. The Hall–Kier alpha value is -1.27. The molecule has 0 saturated heterocycles. The molecule has 0 bridgehead atoms. The Kier molecular flexibility index (Phi) is 3.77. The van der Waals surface area contributed by atoms with Crippen molar-refractivity contribution in [2.75, 3.05) is 0 Å². The molecule has 3 N–H and O–H groups in total. The number of carbonyl (C=O) groups excluding carboxylic acids is 1. The van der Waals surface area contributed by atoms with Gasteiger partial charge in [0.05, 0.1) is 6.04 Å². The Morgan fingerprint density at radius 1 is 1.44 bits per heavy atom. The number of rotatable bonds is 4. The molecular formula is C10H14N2O3S. The molecule has 0 aliphatic carbocycles. The van der Waals surface area contributed by atoms with Crippen LogP contribution in [0.4, 0.5) is 0 Å². The molecule has 88 valence electrons. The summed E-state index contributed by atoms with van der Waals surface area (Å²) in [5.41, 5.74) is 5.67. The standard InChI is InChI=1S/C10H14N2O3S/c1-4(2)6(11)9-12-7(10(14)15)8(16-9)5(3)13/h4,6H,11H2,1-3H3,(H,14,15). The molecule has 0 aliphatic heterocycles. The molecule has 1 heterocycles. The summed E-state index contributed by atoms with van der Waals surface area (Å²) < 4.78 is 0. The summed E-state index contributed by atoms with van der Waals surface area (Å²) in [5, 5.41) is 9.40. The van der Waals surface area contributed by atoms with Gasteiger partial charge in [-0.2, -0.15) is 0 Å². The number of nitrogens with two attached hydrogens (primary N) is 1. The van der Waals surface area contributed by atoms with Crippen LogP contribution >= 0.6 is 11.3 Å². The van der Waals surface area contributed by atoms with Crippen LogP contribution in [0.15, 0.2) is 0 Å². The van der Waals surface area contributed by atoms with E-state index in [1.54, 1.807) is 0 Å². The Morgan fingerprint density at radius 2 is 2.00 bits per heavy atom. The van der Waals surface area contributed by atoms with Gasteiger partial charge in [-0.3, -0.25) is 4.79 Å². The van der Waals surface area contributed by atoms with Gasteiger partial charge in [-0.25, -0.2) is 9.78 Å². The maximum absolute atomic E-state index is 11.2. The number of carboxylic acids is 1. The van der Waals surface area contributed by atoms with Crippen molar-refractivity contribution in [3.63, 3.8) is 0 Å². The maximum atomic E-state index is 11.2. The van der Waals surface area contributed by atoms with E-state index in [2.05, 4.69) is 4.98 Å². The average Bonchev–Trinajstić information content (AvgIpc) is 2.60. The van der Waals surface area contributed by atoms with Crippen LogP contribution in [0.5, 0.6) is 0 Å². The Balaban J connectivity index is 3.21. The van der Waals surface area contributed by atoms with Gasteiger partial charge in [-0.15, -0.1) is 11.3 Å². The van der Waals surface area contributed by atoms with E-state index in [0.29, 0.717) is 5.01 Å². The lowest BCUT2D eigenvalue weighted by atomic mass is 10.1. The molecule has 5 nitrogen and oxygen atoms in total. The van der Waals surface area contributed by atoms with E-state index < -0.39 is 5.97 Å². The minimum Gasteiger partial charge on any atom is -0.476 e. The molecule has 0 aliphatic rings. The van der Waals surface area contributed by atoms with E-state index in [4.69, 9.17) is 10.8 Å². The monoisotopic (exact) mass is 242 g/mol. The van der Waals surface area contributed by atoms with Crippen molar-refractivity contribution in [1.82, 2.24) is 4.98 Å². The molecule has 1 aromatic heterocycles. The minimum absolute atomic E-state index is 0.146. The van der Waals surface area contributed by atoms with Crippen LogP contribution in [0.2, 0.25) is 0 Å². The highest BCUT2D eigenvalue weighted by atomic mass is 32.1. The molecule has 0 radical (unpaired) electrons. The van der Waals surface area contributed by atoms with Crippen LogP contribution in [-0.2, 0) is 0 Å². The molecule has 1 unspecified atom stereocenters. The highest BCUT2D eigenvalue weighted by molar-refractivity contribution is 7.14. The summed E-state index contributed by atoms with van der Waals surface area (Å²) in [4.78, 5) is 26.2. The minimum atomic E-state index is -1.19. The lowest BCUT2D eigenvalue weighted by Crippen LogP contribution is -2.16. The van der Waals surface area contributed by atoms with Crippen LogP contribution in [-0.4, -0.2) is 21.8 Å². The third-order valence-corrected chi connectivity index (χ3v) is 3.43. The third kappa shape index (κ3) is 2.45. The van der Waals surface area contributed by atoms with Crippen molar-refractivity contribution in [3.05, 3.63) is 15.6 Å². The van der Waals surface area contributed by atoms with Gasteiger partial charge in [0.15, 0.2) is 11.5 Å². The van der Waals surface area contributed by atoms with Crippen molar-refractivity contribution in [3.8, 4) is 0 Å². The number of ketones is 1. The number of carbonyl (C=O) groups is 2. The van der Waals surface area contributed by atoms with Crippen LogP contribution in [0.1, 0.15) is 52.0 Å². The predicted octanol–water partition coefficient (Wildman–Crippen LogP) is 1.70. The largest absolute Gasteiger partial charge is 0.476 e. The number of aromatic carboxylic acids is 1. The maximum Gasteiger partial charge on any atom is 0.356 e. The fourth-order valence-corrected chi connectivity index (χ4v) is 2.28. The SMILES string of the molecule is CC(=O)c1sc(C(N)C(C)C)nc1C(=O)O. The summed E-state index contributed by atoms with van der Waals surface area (Å²) >= 11 is 1.07. The van der Waals surface area contributed by atoms with Crippen LogP contribution in [0, 0.1) is 5.92 Å². The zero-order valence-corrected chi connectivity index (χ0v) is 10.2. The van der Waals surface area contributed by atoms with Crippen molar-refractivity contribution in [1.29, 1.82) is 0 Å². The Labute approximate surface area is 97.3 Å². The number of hydrogen-bond acceptors (Lipinski definition) is 5. The van der Waals surface area contributed by atoms with Crippen molar-refractivity contribution >= 4 is 23.1 Å². The summed E-state index contributed by atoms with van der Waals surface area (Å²) in [6, 6.07) is -0.337. The molecule has 0 aromatic carbocycles. The average molecular weight is 242 g/mol. The van der Waals surface area contributed by atoms with E-state index >= 15 is 0 Å². The first kappa shape index (κ1) is 12.8. The second kappa shape index (κ2) is 4.71. The summed E-state index contributed by atoms with van der Waals surface area (Å²) in [5.74, 6) is -1.34.